The Morgan fingerprint density at radius 3 is 2.50 bits per heavy atom. The summed E-state index contributed by atoms with van der Waals surface area (Å²) in [6.07, 6.45) is -0.376. The van der Waals surface area contributed by atoms with Crippen LogP contribution in [-0.2, 0) is 0 Å². The van der Waals surface area contributed by atoms with Crippen LogP contribution in [0.1, 0.15) is 57.0 Å². The fourth-order valence-electron chi connectivity index (χ4n) is 2.27. The molecular weight excluding hydrogens is 354 g/mol. The molecule has 0 aliphatic heterocycles. The smallest absolute Gasteiger partial charge is 0.165 e. The summed E-state index contributed by atoms with van der Waals surface area (Å²) < 4.78 is 5.53. The number of Topliss-reactive ketones (excluding diaryl/α,β-unsaturated/α-hetero) is 1. The van der Waals surface area contributed by atoms with Crippen LogP contribution in [0.4, 0.5) is 5.69 Å². The van der Waals surface area contributed by atoms with Crippen molar-refractivity contribution in [2.24, 2.45) is 5.41 Å². The number of carbonyl (C=O) groups excluding carboxylic acids is 1. The zero-order chi connectivity index (χ0) is 19.2. The van der Waals surface area contributed by atoms with Gasteiger partial charge < -0.3 is 20.9 Å². The molecular formula is C19H30ClN3O3. The molecule has 7 heteroatoms. The number of ketones is 1. The van der Waals surface area contributed by atoms with Crippen molar-refractivity contribution in [3.05, 3.63) is 23.3 Å². The number of rotatable bonds is 8. The van der Waals surface area contributed by atoms with Gasteiger partial charge in [0, 0.05) is 24.6 Å². The number of nitriles is 1. The van der Waals surface area contributed by atoms with E-state index in [0.717, 1.165) is 0 Å². The molecule has 0 aliphatic rings. The number of aliphatic hydroxyl groups is 1. The number of nitrogen functional groups attached to an aromatic ring is 1. The predicted octanol–water partition coefficient (Wildman–Crippen LogP) is 2.92. The summed E-state index contributed by atoms with van der Waals surface area (Å²) in [6.45, 7) is 10.3. The van der Waals surface area contributed by atoms with Gasteiger partial charge in [-0.1, -0.05) is 34.6 Å². The molecule has 0 saturated carbocycles. The number of aliphatic hydroxyl groups excluding tert-OH is 1. The molecule has 6 nitrogen and oxygen atoms in total. The monoisotopic (exact) mass is 383 g/mol. The van der Waals surface area contributed by atoms with Crippen molar-refractivity contribution in [2.45, 2.75) is 53.2 Å². The van der Waals surface area contributed by atoms with Crippen LogP contribution in [0, 0.1) is 16.7 Å². The minimum atomic E-state index is -0.711. The standard InChI is InChI=1S/C19H29N3O3.ClH/c1-12(2)22-10-13(23)11-25-17-7-6-14(18(21)15(17)9-20)16(24)8-19(3,4)5;/h6-7,12-13,22-23H,8,10-11,21H2,1-5H3;1H. The summed E-state index contributed by atoms with van der Waals surface area (Å²) >= 11 is 0. The van der Waals surface area contributed by atoms with Gasteiger partial charge in [0.1, 0.15) is 30.1 Å². The van der Waals surface area contributed by atoms with Gasteiger partial charge in [0.15, 0.2) is 5.78 Å². The molecule has 1 aromatic rings. The first kappa shape index (κ1) is 24.2. The number of carbonyl (C=O) groups is 1. The molecule has 1 rings (SSSR count). The largest absolute Gasteiger partial charge is 0.489 e. The Kier molecular flexibility index (Phi) is 9.64. The van der Waals surface area contributed by atoms with Gasteiger partial charge in [-0.05, 0) is 17.5 Å². The maximum Gasteiger partial charge on any atom is 0.165 e. The van der Waals surface area contributed by atoms with E-state index in [2.05, 4.69) is 5.32 Å². The summed E-state index contributed by atoms with van der Waals surface area (Å²) in [6, 6.07) is 5.40. The van der Waals surface area contributed by atoms with E-state index in [4.69, 9.17) is 10.5 Å². The molecule has 0 bridgehead atoms. The van der Waals surface area contributed by atoms with Crippen LogP contribution in [0.3, 0.4) is 0 Å². The topological polar surface area (TPSA) is 108 Å². The molecule has 0 amide bonds. The Morgan fingerprint density at radius 2 is 2.00 bits per heavy atom. The molecule has 0 saturated heterocycles. The minimum absolute atomic E-state index is 0. The summed E-state index contributed by atoms with van der Waals surface area (Å²) in [5.41, 5.74) is 6.44. The van der Waals surface area contributed by atoms with Crippen molar-refractivity contribution in [3.8, 4) is 11.8 Å². The van der Waals surface area contributed by atoms with E-state index in [1.54, 1.807) is 12.1 Å². The number of hydrogen-bond acceptors (Lipinski definition) is 6. The van der Waals surface area contributed by atoms with Crippen LogP contribution < -0.4 is 15.8 Å². The lowest BCUT2D eigenvalue weighted by Crippen LogP contribution is -2.35. The van der Waals surface area contributed by atoms with Gasteiger partial charge in [-0.2, -0.15) is 5.26 Å². The lowest BCUT2D eigenvalue weighted by atomic mass is 9.87. The third kappa shape index (κ3) is 7.61. The minimum Gasteiger partial charge on any atom is -0.489 e. The molecule has 26 heavy (non-hydrogen) atoms. The fraction of sp³-hybridized carbons (Fsp3) is 0.579. The van der Waals surface area contributed by atoms with Gasteiger partial charge in [-0.15, -0.1) is 12.4 Å². The zero-order valence-electron chi connectivity index (χ0n) is 16.1. The first-order valence-electron chi connectivity index (χ1n) is 8.45. The van der Waals surface area contributed by atoms with Crippen molar-refractivity contribution in [1.29, 1.82) is 5.26 Å². The van der Waals surface area contributed by atoms with Crippen LogP contribution in [0.5, 0.6) is 5.75 Å². The van der Waals surface area contributed by atoms with Crippen molar-refractivity contribution in [3.63, 3.8) is 0 Å². The number of nitrogens with one attached hydrogen (secondary N) is 1. The van der Waals surface area contributed by atoms with E-state index < -0.39 is 6.10 Å². The number of benzene rings is 1. The van der Waals surface area contributed by atoms with Crippen LogP contribution in [0.25, 0.3) is 0 Å². The first-order valence-corrected chi connectivity index (χ1v) is 8.45. The Morgan fingerprint density at radius 1 is 1.38 bits per heavy atom. The second-order valence-electron chi connectivity index (χ2n) is 7.70. The Balaban J connectivity index is 0.00000625. The number of halogens is 1. The molecule has 1 unspecified atom stereocenters. The van der Waals surface area contributed by atoms with Crippen molar-refractivity contribution in [2.75, 3.05) is 18.9 Å². The van der Waals surface area contributed by atoms with E-state index in [0.29, 0.717) is 18.5 Å². The number of hydrogen-bond donors (Lipinski definition) is 3. The van der Waals surface area contributed by atoms with Crippen molar-refractivity contribution < 1.29 is 14.6 Å². The lowest BCUT2D eigenvalue weighted by Gasteiger charge is -2.19. The highest BCUT2D eigenvalue weighted by Gasteiger charge is 2.22. The van der Waals surface area contributed by atoms with E-state index in [1.807, 2.05) is 40.7 Å². The molecule has 1 atom stereocenters. The molecule has 0 spiro atoms. The van der Waals surface area contributed by atoms with Crippen LogP contribution >= 0.6 is 12.4 Å². The van der Waals surface area contributed by atoms with Gasteiger partial charge >= 0.3 is 0 Å². The maximum absolute atomic E-state index is 12.4. The Hall–Kier alpha value is -1.81. The number of ether oxygens (including phenoxy) is 1. The zero-order valence-corrected chi connectivity index (χ0v) is 16.9. The van der Waals surface area contributed by atoms with E-state index in [9.17, 15) is 15.2 Å². The average molecular weight is 384 g/mol. The van der Waals surface area contributed by atoms with Gasteiger partial charge in [0.05, 0.1) is 5.69 Å². The Bertz CT molecular complexity index is 649. The highest BCUT2D eigenvalue weighted by molar-refractivity contribution is 6.02. The van der Waals surface area contributed by atoms with E-state index in [1.165, 1.54) is 0 Å². The molecule has 0 radical (unpaired) electrons. The second-order valence-corrected chi connectivity index (χ2v) is 7.70. The van der Waals surface area contributed by atoms with Gasteiger partial charge in [-0.25, -0.2) is 0 Å². The predicted molar refractivity (Wildman–Crippen MR) is 106 cm³/mol. The van der Waals surface area contributed by atoms with Crippen LogP contribution in [-0.4, -0.2) is 36.2 Å². The van der Waals surface area contributed by atoms with Gasteiger partial charge in [0.2, 0.25) is 0 Å². The molecule has 0 fully saturated rings. The van der Waals surface area contributed by atoms with E-state index >= 15 is 0 Å². The number of nitrogens with two attached hydrogens (primary N) is 1. The summed E-state index contributed by atoms with van der Waals surface area (Å²) in [4.78, 5) is 12.4. The molecule has 0 aromatic heterocycles. The third-order valence-electron chi connectivity index (χ3n) is 3.50. The quantitative estimate of drug-likeness (QED) is 0.470. The lowest BCUT2D eigenvalue weighted by molar-refractivity contribution is 0.0939. The number of anilines is 1. The second kappa shape index (κ2) is 10.4. The maximum atomic E-state index is 12.4. The molecule has 0 aliphatic carbocycles. The molecule has 1 aromatic carbocycles. The summed E-state index contributed by atoms with van der Waals surface area (Å²) in [5.74, 6) is 0.171. The van der Waals surface area contributed by atoms with Gasteiger partial charge in [-0.3, -0.25) is 4.79 Å². The molecule has 4 N–H and O–H groups in total. The van der Waals surface area contributed by atoms with Crippen molar-refractivity contribution in [1.82, 2.24) is 5.32 Å². The van der Waals surface area contributed by atoms with Gasteiger partial charge in [0.25, 0.3) is 0 Å². The SMILES string of the molecule is CC(C)NCC(O)COc1ccc(C(=O)CC(C)(C)C)c(N)c1C#N.Cl. The first-order chi connectivity index (χ1) is 11.5. The normalized spacial score (nSPS) is 12.2. The highest BCUT2D eigenvalue weighted by atomic mass is 35.5. The highest BCUT2D eigenvalue weighted by Crippen LogP contribution is 2.30. The summed E-state index contributed by atoms with van der Waals surface area (Å²) in [5, 5.41) is 22.4. The van der Waals surface area contributed by atoms with Crippen LogP contribution in [0.2, 0.25) is 0 Å². The fourth-order valence-corrected chi connectivity index (χ4v) is 2.27. The third-order valence-corrected chi connectivity index (χ3v) is 3.50. The Labute approximate surface area is 162 Å². The average Bonchev–Trinajstić information content (AvgIpc) is 2.48. The van der Waals surface area contributed by atoms with Crippen molar-refractivity contribution >= 4 is 23.9 Å². The molecule has 146 valence electrons. The number of nitrogens with zero attached hydrogens (tertiary/aromatic N) is 1. The van der Waals surface area contributed by atoms with E-state index in [-0.39, 0.29) is 53.3 Å². The van der Waals surface area contributed by atoms with Crippen LogP contribution in [0.15, 0.2) is 12.1 Å². The molecule has 0 heterocycles. The summed E-state index contributed by atoms with van der Waals surface area (Å²) in [7, 11) is 0.